The van der Waals surface area contributed by atoms with Crippen LogP contribution in [0.1, 0.15) is 41.1 Å². The van der Waals surface area contributed by atoms with E-state index in [0.29, 0.717) is 16.0 Å². The normalized spacial score (nSPS) is 20.4. The van der Waals surface area contributed by atoms with E-state index in [0.717, 1.165) is 19.3 Å². The Morgan fingerprint density at radius 3 is 2.70 bits per heavy atom. The predicted octanol–water partition coefficient (Wildman–Crippen LogP) is 3.64. The molecule has 0 aliphatic heterocycles. The summed E-state index contributed by atoms with van der Waals surface area (Å²) in [5.41, 5.74) is 1.52. The van der Waals surface area contributed by atoms with E-state index >= 15 is 0 Å². The standard InChI is InChI=1S/C18H18BrNO3/c1-20-11-14(10-16(19)17(20)21)18(22)23-15-8-7-13(9-15)12-5-3-2-4-6-12/h2-6,10-11,13,15H,7-9H2,1H3. The summed E-state index contributed by atoms with van der Waals surface area (Å²) in [5, 5.41) is 0. The number of halogens is 1. The van der Waals surface area contributed by atoms with Crippen LogP contribution in [-0.4, -0.2) is 16.6 Å². The van der Waals surface area contributed by atoms with Gasteiger partial charge >= 0.3 is 5.97 Å². The second-order valence-electron chi connectivity index (χ2n) is 5.94. The molecule has 5 heteroatoms. The zero-order valence-corrected chi connectivity index (χ0v) is 14.5. The fraction of sp³-hybridized carbons (Fsp3) is 0.333. The lowest BCUT2D eigenvalue weighted by molar-refractivity contribution is 0.0313. The lowest BCUT2D eigenvalue weighted by Gasteiger charge is -2.14. The first-order valence-electron chi connectivity index (χ1n) is 7.66. The smallest absolute Gasteiger partial charge is 0.339 e. The fourth-order valence-corrected chi connectivity index (χ4v) is 3.60. The molecule has 2 aromatic rings. The molecule has 0 bridgehead atoms. The number of rotatable bonds is 3. The van der Waals surface area contributed by atoms with Crippen LogP contribution in [0.3, 0.4) is 0 Å². The SMILES string of the molecule is Cn1cc(C(=O)OC2CCC(c3ccccc3)C2)cc(Br)c1=O. The molecule has 1 aliphatic carbocycles. The summed E-state index contributed by atoms with van der Waals surface area (Å²) in [5.74, 6) is 0.0703. The van der Waals surface area contributed by atoms with Crippen molar-refractivity contribution in [3.8, 4) is 0 Å². The molecule has 0 saturated heterocycles. The first-order chi connectivity index (χ1) is 11.0. The van der Waals surface area contributed by atoms with Crippen molar-refractivity contribution < 1.29 is 9.53 Å². The number of benzene rings is 1. The molecular formula is C18H18BrNO3. The molecule has 1 saturated carbocycles. The molecule has 3 rings (SSSR count). The maximum Gasteiger partial charge on any atom is 0.339 e. The first kappa shape index (κ1) is 16.0. The average molecular weight is 376 g/mol. The summed E-state index contributed by atoms with van der Waals surface area (Å²) in [7, 11) is 1.62. The van der Waals surface area contributed by atoms with Gasteiger partial charge in [-0.1, -0.05) is 30.3 Å². The molecule has 0 spiro atoms. The summed E-state index contributed by atoms with van der Waals surface area (Å²) < 4.78 is 7.36. The van der Waals surface area contributed by atoms with Gasteiger partial charge in [0.05, 0.1) is 10.0 Å². The monoisotopic (exact) mass is 375 g/mol. The Kier molecular flexibility index (Phi) is 4.66. The molecule has 1 aromatic carbocycles. The Morgan fingerprint density at radius 1 is 1.26 bits per heavy atom. The average Bonchev–Trinajstić information content (AvgIpc) is 3.01. The topological polar surface area (TPSA) is 48.3 Å². The Morgan fingerprint density at radius 2 is 2.00 bits per heavy atom. The number of aryl methyl sites for hydroxylation is 1. The number of esters is 1. The Balaban J connectivity index is 1.67. The largest absolute Gasteiger partial charge is 0.459 e. The minimum Gasteiger partial charge on any atom is -0.459 e. The van der Waals surface area contributed by atoms with Crippen LogP contribution < -0.4 is 5.56 Å². The molecule has 1 aromatic heterocycles. The van der Waals surface area contributed by atoms with E-state index in [2.05, 4.69) is 28.1 Å². The Hall–Kier alpha value is -1.88. The van der Waals surface area contributed by atoms with Gasteiger partial charge in [0.1, 0.15) is 6.10 Å². The maximum absolute atomic E-state index is 12.3. The highest BCUT2D eigenvalue weighted by molar-refractivity contribution is 9.10. The molecule has 1 aliphatic rings. The van der Waals surface area contributed by atoms with Crippen LogP contribution in [-0.2, 0) is 11.8 Å². The number of carbonyl (C=O) groups is 1. The third-order valence-corrected chi connectivity index (χ3v) is 4.87. The maximum atomic E-state index is 12.3. The van der Waals surface area contributed by atoms with E-state index in [-0.39, 0.29) is 17.6 Å². The van der Waals surface area contributed by atoms with E-state index < -0.39 is 0 Å². The predicted molar refractivity (Wildman–Crippen MR) is 91.6 cm³/mol. The summed E-state index contributed by atoms with van der Waals surface area (Å²) in [6.45, 7) is 0. The van der Waals surface area contributed by atoms with Crippen molar-refractivity contribution in [1.29, 1.82) is 0 Å². The highest BCUT2D eigenvalue weighted by Gasteiger charge is 2.29. The number of hydrogen-bond acceptors (Lipinski definition) is 3. The van der Waals surface area contributed by atoms with Gasteiger partial charge in [-0.15, -0.1) is 0 Å². The van der Waals surface area contributed by atoms with Gasteiger partial charge < -0.3 is 9.30 Å². The van der Waals surface area contributed by atoms with Crippen molar-refractivity contribution in [3.63, 3.8) is 0 Å². The highest BCUT2D eigenvalue weighted by Crippen LogP contribution is 2.36. The molecule has 4 nitrogen and oxygen atoms in total. The van der Waals surface area contributed by atoms with E-state index in [9.17, 15) is 9.59 Å². The van der Waals surface area contributed by atoms with Crippen LogP contribution in [0.2, 0.25) is 0 Å². The van der Waals surface area contributed by atoms with E-state index in [4.69, 9.17) is 4.74 Å². The van der Waals surface area contributed by atoms with Crippen LogP contribution >= 0.6 is 15.9 Å². The lowest BCUT2D eigenvalue weighted by Crippen LogP contribution is -2.21. The molecule has 0 amide bonds. The fourth-order valence-electron chi connectivity index (χ4n) is 3.08. The van der Waals surface area contributed by atoms with Crippen molar-refractivity contribution in [2.24, 2.45) is 7.05 Å². The van der Waals surface area contributed by atoms with Gasteiger partial charge in [-0.3, -0.25) is 4.79 Å². The number of hydrogen-bond donors (Lipinski definition) is 0. The van der Waals surface area contributed by atoms with Gasteiger partial charge in [-0.05, 0) is 52.7 Å². The van der Waals surface area contributed by atoms with Crippen molar-refractivity contribution in [1.82, 2.24) is 4.57 Å². The third-order valence-electron chi connectivity index (χ3n) is 4.30. The molecule has 0 radical (unpaired) electrons. The van der Waals surface area contributed by atoms with Gasteiger partial charge in [0.2, 0.25) is 0 Å². The lowest BCUT2D eigenvalue weighted by atomic mass is 9.98. The molecule has 2 atom stereocenters. The quantitative estimate of drug-likeness (QED) is 0.769. The first-order valence-corrected chi connectivity index (χ1v) is 8.46. The van der Waals surface area contributed by atoms with E-state index in [1.807, 2.05) is 18.2 Å². The Bertz CT molecular complexity index is 743. The van der Waals surface area contributed by atoms with Crippen LogP contribution in [0.5, 0.6) is 0 Å². The van der Waals surface area contributed by atoms with E-state index in [1.54, 1.807) is 7.05 Å². The molecule has 120 valence electrons. The third kappa shape index (κ3) is 3.55. The zero-order chi connectivity index (χ0) is 16.4. The molecule has 1 fully saturated rings. The molecule has 2 unspecified atom stereocenters. The van der Waals surface area contributed by atoms with Crippen molar-refractivity contribution in [2.75, 3.05) is 0 Å². The number of pyridine rings is 1. The number of ether oxygens (including phenoxy) is 1. The molecule has 1 heterocycles. The van der Waals surface area contributed by atoms with Crippen molar-refractivity contribution >= 4 is 21.9 Å². The highest BCUT2D eigenvalue weighted by atomic mass is 79.9. The van der Waals surface area contributed by atoms with Gasteiger partial charge in [-0.25, -0.2) is 4.79 Å². The molecule has 23 heavy (non-hydrogen) atoms. The van der Waals surface area contributed by atoms with Crippen molar-refractivity contribution in [3.05, 3.63) is 68.5 Å². The van der Waals surface area contributed by atoms with Crippen LogP contribution in [0.25, 0.3) is 0 Å². The van der Waals surface area contributed by atoms with Gasteiger partial charge in [0, 0.05) is 13.2 Å². The zero-order valence-electron chi connectivity index (χ0n) is 12.9. The minimum atomic E-state index is -0.375. The Labute approximate surface area is 143 Å². The van der Waals surface area contributed by atoms with Crippen LogP contribution in [0, 0.1) is 0 Å². The number of carbonyl (C=O) groups excluding carboxylic acids is 1. The number of aromatic nitrogens is 1. The van der Waals surface area contributed by atoms with Gasteiger partial charge in [-0.2, -0.15) is 0 Å². The van der Waals surface area contributed by atoms with E-state index in [1.165, 1.54) is 22.4 Å². The summed E-state index contributed by atoms with van der Waals surface area (Å²) in [4.78, 5) is 24.0. The molecular weight excluding hydrogens is 358 g/mol. The van der Waals surface area contributed by atoms with Crippen LogP contribution in [0.4, 0.5) is 0 Å². The minimum absolute atomic E-state index is 0.0660. The molecule has 0 N–H and O–H groups in total. The summed E-state index contributed by atoms with van der Waals surface area (Å²) in [6, 6.07) is 11.9. The van der Waals surface area contributed by atoms with Gasteiger partial charge in [0.25, 0.3) is 5.56 Å². The summed E-state index contributed by atoms with van der Waals surface area (Å²) in [6.07, 6.45) is 4.20. The van der Waals surface area contributed by atoms with Crippen molar-refractivity contribution in [2.45, 2.75) is 31.3 Å². The van der Waals surface area contributed by atoms with Crippen LogP contribution in [0.15, 0.2) is 51.9 Å². The number of nitrogens with zero attached hydrogens (tertiary/aromatic N) is 1. The second-order valence-corrected chi connectivity index (χ2v) is 6.80. The second kappa shape index (κ2) is 6.71. The van der Waals surface area contributed by atoms with Gasteiger partial charge in [0.15, 0.2) is 0 Å². The summed E-state index contributed by atoms with van der Waals surface area (Å²) >= 11 is 3.18.